The van der Waals surface area contributed by atoms with Gasteiger partial charge in [0.05, 0.1) is 17.0 Å². The van der Waals surface area contributed by atoms with Crippen molar-refractivity contribution >= 4 is 0 Å². The average Bonchev–Trinajstić information content (AvgIpc) is 2.95. The van der Waals surface area contributed by atoms with E-state index in [-0.39, 0.29) is 0 Å². The standard InChI is InChI=1S/C15H20N2O2/c1-3-15(19,4-2)14(18)13-10-11-16-17(13)12-8-6-5-7-9-12/h5-11,14,18-19H,3-4H2,1-2H3. The molecule has 2 N–H and O–H groups in total. The predicted octanol–water partition coefficient (Wildman–Crippen LogP) is 2.46. The molecule has 0 bridgehead atoms. The van der Waals surface area contributed by atoms with Gasteiger partial charge in [-0.2, -0.15) is 5.10 Å². The predicted molar refractivity (Wildman–Crippen MR) is 74.1 cm³/mol. The van der Waals surface area contributed by atoms with Crippen LogP contribution in [0.15, 0.2) is 42.6 Å². The Balaban J connectivity index is 2.40. The van der Waals surface area contributed by atoms with Crippen molar-refractivity contribution in [1.29, 1.82) is 0 Å². The van der Waals surface area contributed by atoms with Gasteiger partial charge in [-0.25, -0.2) is 4.68 Å². The van der Waals surface area contributed by atoms with E-state index in [9.17, 15) is 10.2 Å². The molecule has 0 fully saturated rings. The van der Waals surface area contributed by atoms with Crippen molar-refractivity contribution in [2.75, 3.05) is 0 Å². The molecule has 1 aromatic heterocycles. The molecule has 2 aromatic rings. The maximum absolute atomic E-state index is 10.5. The maximum atomic E-state index is 10.5. The summed E-state index contributed by atoms with van der Waals surface area (Å²) in [6.45, 7) is 3.74. The molecule has 1 aromatic carbocycles. The van der Waals surface area contributed by atoms with Crippen LogP contribution in [0.25, 0.3) is 5.69 Å². The van der Waals surface area contributed by atoms with Gasteiger partial charge < -0.3 is 10.2 Å². The summed E-state index contributed by atoms with van der Waals surface area (Å²) in [5.74, 6) is 0. The molecule has 0 amide bonds. The van der Waals surface area contributed by atoms with Gasteiger partial charge in [-0.3, -0.25) is 0 Å². The fourth-order valence-electron chi connectivity index (χ4n) is 2.22. The summed E-state index contributed by atoms with van der Waals surface area (Å²) >= 11 is 0. The summed E-state index contributed by atoms with van der Waals surface area (Å²) in [6.07, 6.45) is 1.66. The third kappa shape index (κ3) is 2.55. The fourth-order valence-corrected chi connectivity index (χ4v) is 2.22. The molecule has 0 saturated heterocycles. The van der Waals surface area contributed by atoms with Crippen LogP contribution in [0, 0.1) is 0 Å². The van der Waals surface area contributed by atoms with Crippen LogP contribution in [0.4, 0.5) is 0 Å². The molecular weight excluding hydrogens is 240 g/mol. The van der Waals surface area contributed by atoms with Gasteiger partial charge in [-0.15, -0.1) is 0 Å². The van der Waals surface area contributed by atoms with Gasteiger partial charge in [-0.1, -0.05) is 32.0 Å². The minimum absolute atomic E-state index is 0.491. The van der Waals surface area contributed by atoms with E-state index in [1.807, 2.05) is 44.2 Å². The fraction of sp³-hybridized carbons (Fsp3) is 0.400. The third-order valence-corrected chi connectivity index (χ3v) is 3.69. The number of aliphatic hydroxyl groups excluding tert-OH is 1. The molecule has 19 heavy (non-hydrogen) atoms. The van der Waals surface area contributed by atoms with E-state index in [1.54, 1.807) is 16.9 Å². The lowest BCUT2D eigenvalue weighted by molar-refractivity contribution is -0.0848. The molecule has 102 valence electrons. The van der Waals surface area contributed by atoms with Crippen molar-refractivity contribution in [3.05, 3.63) is 48.3 Å². The van der Waals surface area contributed by atoms with Crippen LogP contribution in [-0.2, 0) is 0 Å². The van der Waals surface area contributed by atoms with Crippen molar-refractivity contribution in [2.45, 2.75) is 38.4 Å². The molecule has 0 spiro atoms. The Morgan fingerprint density at radius 3 is 2.37 bits per heavy atom. The van der Waals surface area contributed by atoms with Gasteiger partial charge in [0.1, 0.15) is 6.10 Å². The Morgan fingerprint density at radius 2 is 1.79 bits per heavy atom. The smallest absolute Gasteiger partial charge is 0.125 e. The number of aliphatic hydroxyl groups is 2. The highest BCUT2D eigenvalue weighted by atomic mass is 16.3. The van der Waals surface area contributed by atoms with Crippen LogP contribution in [-0.4, -0.2) is 25.6 Å². The second kappa shape index (κ2) is 5.55. The minimum Gasteiger partial charge on any atom is -0.387 e. The molecule has 4 nitrogen and oxygen atoms in total. The summed E-state index contributed by atoms with van der Waals surface area (Å²) < 4.78 is 1.67. The first-order valence-corrected chi connectivity index (χ1v) is 6.62. The van der Waals surface area contributed by atoms with E-state index >= 15 is 0 Å². The van der Waals surface area contributed by atoms with Gasteiger partial charge >= 0.3 is 0 Å². The first kappa shape index (κ1) is 13.8. The van der Waals surface area contributed by atoms with Gasteiger partial charge in [0.15, 0.2) is 0 Å². The van der Waals surface area contributed by atoms with Crippen LogP contribution in [0.3, 0.4) is 0 Å². The van der Waals surface area contributed by atoms with Crippen LogP contribution in [0.2, 0.25) is 0 Å². The Morgan fingerprint density at radius 1 is 1.16 bits per heavy atom. The lowest BCUT2D eigenvalue weighted by Gasteiger charge is -2.31. The van der Waals surface area contributed by atoms with Gasteiger partial charge in [0, 0.05) is 6.20 Å². The molecule has 0 radical (unpaired) electrons. The number of para-hydroxylation sites is 1. The summed E-state index contributed by atoms with van der Waals surface area (Å²) in [5, 5.41) is 25.1. The molecule has 2 rings (SSSR count). The van der Waals surface area contributed by atoms with Crippen molar-refractivity contribution in [2.24, 2.45) is 0 Å². The molecule has 0 aliphatic carbocycles. The van der Waals surface area contributed by atoms with Crippen molar-refractivity contribution in [3.8, 4) is 5.69 Å². The quantitative estimate of drug-likeness (QED) is 0.868. The van der Waals surface area contributed by atoms with Crippen molar-refractivity contribution in [1.82, 2.24) is 9.78 Å². The highest BCUT2D eigenvalue weighted by molar-refractivity contribution is 5.33. The number of benzene rings is 1. The third-order valence-electron chi connectivity index (χ3n) is 3.69. The first-order valence-electron chi connectivity index (χ1n) is 6.62. The highest BCUT2D eigenvalue weighted by Gasteiger charge is 2.35. The molecule has 1 heterocycles. The number of aromatic nitrogens is 2. The monoisotopic (exact) mass is 260 g/mol. The SMILES string of the molecule is CCC(O)(CC)C(O)c1ccnn1-c1ccccc1. The van der Waals surface area contributed by atoms with E-state index in [1.165, 1.54) is 0 Å². The average molecular weight is 260 g/mol. The topological polar surface area (TPSA) is 58.3 Å². The van der Waals surface area contributed by atoms with Crippen molar-refractivity contribution < 1.29 is 10.2 Å². The van der Waals surface area contributed by atoms with E-state index in [0.717, 1.165) is 5.69 Å². The van der Waals surface area contributed by atoms with Crippen LogP contribution in [0.1, 0.15) is 38.5 Å². The number of hydrogen-bond acceptors (Lipinski definition) is 3. The summed E-state index contributed by atoms with van der Waals surface area (Å²) in [6, 6.07) is 11.3. The molecule has 0 aliphatic heterocycles. The van der Waals surface area contributed by atoms with Crippen LogP contribution >= 0.6 is 0 Å². The Labute approximate surface area is 113 Å². The Bertz CT molecular complexity index is 518. The van der Waals surface area contributed by atoms with Crippen LogP contribution < -0.4 is 0 Å². The number of nitrogens with zero attached hydrogens (tertiary/aromatic N) is 2. The zero-order valence-electron chi connectivity index (χ0n) is 11.3. The van der Waals surface area contributed by atoms with Crippen LogP contribution in [0.5, 0.6) is 0 Å². The second-order valence-corrected chi connectivity index (χ2v) is 4.72. The highest BCUT2D eigenvalue weighted by Crippen LogP contribution is 2.32. The minimum atomic E-state index is -1.12. The van der Waals surface area contributed by atoms with E-state index in [0.29, 0.717) is 18.5 Å². The Hall–Kier alpha value is -1.65. The first-order chi connectivity index (χ1) is 9.12. The second-order valence-electron chi connectivity index (χ2n) is 4.72. The zero-order chi connectivity index (χ0) is 13.9. The van der Waals surface area contributed by atoms with Crippen molar-refractivity contribution in [3.63, 3.8) is 0 Å². The van der Waals surface area contributed by atoms with Gasteiger partial charge in [0.2, 0.25) is 0 Å². The molecule has 1 unspecified atom stereocenters. The number of hydrogen-bond donors (Lipinski definition) is 2. The molecule has 0 saturated carbocycles. The normalized spacial score (nSPS) is 13.5. The lowest BCUT2D eigenvalue weighted by Crippen LogP contribution is -2.36. The summed E-state index contributed by atoms with van der Waals surface area (Å²) in [5.41, 5.74) is 0.362. The van der Waals surface area contributed by atoms with E-state index < -0.39 is 11.7 Å². The van der Waals surface area contributed by atoms with Gasteiger partial charge in [0.25, 0.3) is 0 Å². The summed E-state index contributed by atoms with van der Waals surface area (Å²) in [4.78, 5) is 0. The van der Waals surface area contributed by atoms with E-state index in [2.05, 4.69) is 5.10 Å². The largest absolute Gasteiger partial charge is 0.387 e. The maximum Gasteiger partial charge on any atom is 0.125 e. The molecule has 1 atom stereocenters. The Kier molecular flexibility index (Phi) is 4.02. The molecular formula is C15H20N2O2. The van der Waals surface area contributed by atoms with E-state index in [4.69, 9.17) is 0 Å². The lowest BCUT2D eigenvalue weighted by atomic mass is 9.89. The molecule has 4 heteroatoms. The summed E-state index contributed by atoms with van der Waals surface area (Å²) in [7, 11) is 0. The zero-order valence-corrected chi connectivity index (χ0v) is 11.3. The number of rotatable bonds is 5. The van der Waals surface area contributed by atoms with Gasteiger partial charge in [-0.05, 0) is 31.0 Å². The molecule has 0 aliphatic rings.